The van der Waals surface area contributed by atoms with Gasteiger partial charge >= 0.3 is 5.97 Å². The third-order valence-electron chi connectivity index (χ3n) is 5.16. The van der Waals surface area contributed by atoms with Crippen LogP contribution in [-0.2, 0) is 9.53 Å². The SMILES string of the molecule is O=C(OCC(=O)N1CCN(c2ccc([N+](=O)[O-])cc2)CC1)c1sc2cc(F)ccc2c1Cl. The minimum Gasteiger partial charge on any atom is -0.451 e. The Morgan fingerprint density at radius 3 is 2.47 bits per heavy atom. The van der Waals surface area contributed by atoms with Crippen molar-refractivity contribution in [3.05, 3.63) is 68.3 Å². The lowest BCUT2D eigenvalue weighted by Crippen LogP contribution is -2.49. The van der Waals surface area contributed by atoms with E-state index in [4.69, 9.17) is 16.3 Å². The largest absolute Gasteiger partial charge is 0.451 e. The molecule has 0 radical (unpaired) electrons. The number of nitrogens with zero attached hydrogens (tertiary/aromatic N) is 3. The highest BCUT2D eigenvalue weighted by Gasteiger charge is 2.24. The van der Waals surface area contributed by atoms with Crippen molar-refractivity contribution >= 4 is 56.3 Å². The Morgan fingerprint density at radius 1 is 1.12 bits per heavy atom. The first-order valence-electron chi connectivity index (χ1n) is 9.65. The van der Waals surface area contributed by atoms with Crippen LogP contribution >= 0.6 is 22.9 Å². The number of halogens is 2. The van der Waals surface area contributed by atoms with Gasteiger partial charge in [-0.25, -0.2) is 9.18 Å². The summed E-state index contributed by atoms with van der Waals surface area (Å²) in [5.41, 5.74) is 0.859. The standard InChI is InChI=1S/C21H17ClFN3O5S/c22-19-16-6-1-13(23)11-17(16)32-20(19)21(28)31-12-18(27)25-9-7-24(8-10-25)14-2-4-15(5-3-14)26(29)30/h1-6,11H,7-10,12H2. The monoisotopic (exact) mass is 477 g/mol. The summed E-state index contributed by atoms with van der Waals surface area (Å²) in [6.45, 7) is 1.53. The molecule has 0 spiro atoms. The molecule has 1 amide bonds. The van der Waals surface area contributed by atoms with Crippen LogP contribution in [0, 0.1) is 15.9 Å². The third kappa shape index (κ3) is 4.51. The van der Waals surface area contributed by atoms with E-state index in [1.54, 1.807) is 17.0 Å². The van der Waals surface area contributed by atoms with Crippen molar-refractivity contribution in [3.63, 3.8) is 0 Å². The number of amides is 1. The summed E-state index contributed by atoms with van der Waals surface area (Å²) in [6.07, 6.45) is 0. The summed E-state index contributed by atoms with van der Waals surface area (Å²) in [6, 6.07) is 10.3. The predicted octanol–water partition coefficient (Wildman–Crippen LogP) is 4.11. The second kappa shape index (κ2) is 9.09. The van der Waals surface area contributed by atoms with Crippen molar-refractivity contribution < 1.29 is 23.6 Å². The molecule has 4 rings (SSSR count). The Hall–Kier alpha value is -3.24. The fourth-order valence-electron chi connectivity index (χ4n) is 3.45. The number of carbonyl (C=O) groups is 2. The molecule has 32 heavy (non-hydrogen) atoms. The molecule has 11 heteroatoms. The molecule has 0 bridgehead atoms. The highest BCUT2D eigenvalue weighted by Crippen LogP contribution is 2.36. The fourth-order valence-corrected chi connectivity index (χ4v) is 4.88. The zero-order valence-electron chi connectivity index (χ0n) is 16.6. The Kier molecular flexibility index (Phi) is 6.24. The summed E-state index contributed by atoms with van der Waals surface area (Å²) in [5, 5.41) is 11.5. The van der Waals surface area contributed by atoms with Gasteiger partial charge in [0.25, 0.3) is 11.6 Å². The molecule has 0 aliphatic carbocycles. The second-order valence-corrected chi connectivity index (χ2v) is 8.53. The van der Waals surface area contributed by atoms with E-state index in [9.17, 15) is 24.1 Å². The zero-order chi connectivity index (χ0) is 22.8. The van der Waals surface area contributed by atoms with Crippen LogP contribution in [0.25, 0.3) is 10.1 Å². The van der Waals surface area contributed by atoms with E-state index < -0.39 is 23.3 Å². The van der Waals surface area contributed by atoms with E-state index in [0.29, 0.717) is 36.3 Å². The van der Waals surface area contributed by atoms with E-state index in [1.165, 1.54) is 30.3 Å². The number of ether oxygens (including phenoxy) is 1. The molecule has 1 saturated heterocycles. The lowest BCUT2D eigenvalue weighted by molar-refractivity contribution is -0.384. The van der Waals surface area contributed by atoms with E-state index in [-0.39, 0.29) is 21.5 Å². The average Bonchev–Trinajstić information content (AvgIpc) is 3.13. The van der Waals surface area contributed by atoms with Crippen LogP contribution in [0.1, 0.15) is 9.67 Å². The van der Waals surface area contributed by atoms with Gasteiger partial charge in [-0.2, -0.15) is 0 Å². The number of rotatable bonds is 5. The van der Waals surface area contributed by atoms with E-state index >= 15 is 0 Å². The first-order chi connectivity index (χ1) is 15.3. The summed E-state index contributed by atoms with van der Waals surface area (Å²) < 4.78 is 19.1. The van der Waals surface area contributed by atoms with Crippen LogP contribution < -0.4 is 4.90 Å². The number of esters is 1. The molecule has 2 heterocycles. The van der Waals surface area contributed by atoms with Gasteiger partial charge in [0.2, 0.25) is 0 Å². The highest BCUT2D eigenvalue weighted by molar-refractivity contribution is 7.21. The number of non-ortho nitro benzene ring substituents is 1. The van der Waals surface area contributed by atoms with Gasteiger partial charge in [-0.3, -0.25) is 14.9 Å². The number of piperazine rings is 1. The maximum atomic E-state index is 13.4. The van der Waals surface area contributed by atoms with Gasteiger partial charge in [-0.15, -0.1) is 11.3 Å². The zero-order valence-corrected chi connectivity index (χ0v) is 18.2. The molecule has 8 nitrogen and oxygen atoms in total. The molecule has 1 aliphatic heterocycles. The number of anilines is 1. The van der Waals surface area contributed by atoms with Crippen molar-refractivity contribution in [2.45, 2.75) is 0 Å². The first kappa shape index (κ1) is 22.0. The molecule has 3 aromatic rings. The van der Waals surface area contributed by atoms with Crippen molar-refractivity contribution in [1.82, 2.24) is 4.90 Å². The summed E-state index contributed by atoms with van der Waals surface area (Å²) in [5.74, 6) is -1.49. The molecule has 2 aromatic carbocycles. The van der Waals surface area contributed by atoms with Crippen LogP contribution in [0.3, 0.4) is 0 Å². The van der Waals surface area contributed by atoms with Gasteiger partial charge in [0.05, 0.1) is 9.95 Å². The third-order valence-corrected chi connectivity index (χ3v) is 6.80. The lowest BCUT2D eigenvalue weighted by atomic mass is 10.2. The smallest absolute Gasteiger partial charge is 0.350 e. The van der Waals surface area contributed by atoms with Crippen molar-refractivity contribution in [2.75, 3.05) is 37.7 Å². The van der Waals surface area contributed by atoms with Crippen LogP contribution in [-0.4, -0.2) is 54.5 Å². The number of thiophene rings is 1. The molecule has 166 valence electrons. The van der Waals surface area contributed by atoms with Gasteiger partial charge in [-0.1, -0.05) is 11.6 Å². The van der Waals surface area contributed by atoms with Crippen molar-refractivity contribution in [1.29, 1.82) is 0 Å². The van der Waals surface area contributed by atoms with E-state index in [1.807, 2.05) is 4.90 Å². The quantitative estimate of drug-likeness (QED) is 0.312. The Morgan fingerprint density at radius 2 is 1.81 bits per heavy atom. The van der Waals surface area contributed by atoms with Gasteiger partial charge in [-0.05, 0) is 30.3 Å². The van der Waals surface area contributed by atoms with Crippen LogP contribution in [0.5, 0.6) is 0 Å². The summed E-state index contributed by atoms with van der Waals surface area (Å²) >= 11 is 7.23. The number of nitro groups is 1. The fraction of sp³-hybridized carbons (Fsp3) is 0.238. The Labute approximate surface area is 190 Å². The van der Waals surface area contributed by atoms with E-state index in [2.05, 4.69) is 0 Å². The van der Waals surface area contributed by atoms with Crippen LogP contribution in [0.15, 0.2) is 42.5 Å². The number of carbonyl (C=O) groups excluding carboxylic acids is 2. The maximum Gasteiger partial charge on any atom is 0.350 e. The van der Waals surface area contributed by atoms with Crippen LogP contribution in [0.2, 0.25) is 5.02 Å². The first-order valence-corrected chi connectivity index (χ1v) is 10.8. The van der Waals surface area contributed by atoms with Gasteiger partial charge in [0.15, 0.2) is 6.61 Å². The molecule has 0 saturated carbocycles. The number of benzene rings is 2. The minimum absolute atomic E-state index is 0.0215. The van der Waals surface area contributed by atoms with Crippen molar-refractivity contribution in [2.24, 2.45) is 0 Å². The summed E-state index contributed by atoms with van der Waals surface area (Å²) in [4.78, 5) is 38.9. The maximum absolute atomic E-state index is 13.4. The summed E-state index contributed by atoms with van der Waals surface area (Å²) in [7, 11) is 0. The molecule has 0 atom stereocenters. The molecule has 1 aromatic heterocycles. The number of fused-ring (bicyclic) bond motifs is 1. The number of hydrogen-bond donors (Lipinski definition) is 0. The second-order valence-electron chi connectivity index (χ2n) is 7.10. The van der Waals surface area contributed by atoms with Gasteiger partial charge in [0, 0.05) is 54.1 Å². The topological polar surface area (TPSA) is 93.0 Å². The number of nitro benzene ring substituents is 1. The molecular formula is C21H17ClFN3O5S. The normalized spacial score (nSPS) is 13.9. The Balaban J connectivity index is 1.31. The Bertz CT molecular complexity index is 1190. The predicted molar refractivity (Wildman–Crippen MR) is 119 cm³/mol. The van der Waals surface area contributed by atoms with Gasteiger partial charge in [0.1, 0.15) is 10.7 Å². The molecule has 1 aliphatic rings. The molecule has 1 fully saturated rings. The lowest BCUT2D eigenvalue weighted by Gasteiger charge is -2.36. The van der Waals surface area contributed by atoms with Crippen molar-refractivity contribution in [3.8, 4) is 0 Å². The molecular weight excluding hydrogens is 461 g/mol. The number of hydrogen-bond acceptors (Lipinski definition) is 7. The highest BCUT2D eigenvalue weighted by atomic mass is 35.5. The minimum atomic E-state index is -0.727. The van der Waals surface area contributed by atoms with Crippen LogP contribution in [0.4, 0.5) is 15.8 Å². The van der Waals surface area contributed by atoms with Gasteiger partial charge < -0.3 is 14.5 Å². The molecule has 0 unspecified atom stereocenters. The van der Waals surface area contributed by atoms with E-state index in [0.717, 1.165) is 17.0 Å². The average molecular weight is 478 g/mol. The molecule has 0 N–H and O–H groups in total.